The van der Waals surface area contributed by atoms with Crippen LogP contribution in [0.2, 0.25) is 0 Å². The summed E-state index contributed by atoms with van der Waals surface area (Å²) in [5.41, 5.74) is 1.58. The van der Waals surface area contributed by atoms with Crippen molar-refractivity contribution in [2.75, 3.05) is 19.7 Å². The number of aromatic amines is 1. The van der Waals surface area contributed by atoms with Crippen molar-refractivity contribution in [1.82, 2.24) is 29.6 Å². The van der Waals surface area contributed by atoms with Gasteiger partial charge in [-0.1, -0.05) is 5.16 Å². The molecule has 0 saturated carbocycles. The van der Waals surface area contributed by atoms with E-state index in [0.29, 0.717) is 67.6 Å². The highest BCUT2D eigenvalue weighted by Gasteiger charge is 2.30. The van der Waals surface area contributed by atoms with Gasteiger partial charge in [-0.2, -0.15) is 10.1 Å². The summed E-state index contributed by atoms with van der Waals surface area (Å²) in [7, 11) is 0. The lowest BCUT2D eigenvalue weighted by Crippen LogP contribution is -2.41. The van der Waals surface area contributed by atoms with E-state index < -0.39 is 5.60 Å². The number of carbonyl (C=O) groups excluding carboxylic acids is 1. The highest BCUT2D eigenvalue weighted by Crippen LogP contribution is 2.31. The fourth-order valence-corrected chi connectivity index (χ4v) is 4.31. The summed E-state index contributed by atoms with van der Waals surface area (Å²) in [5.74, 6) is 0.898. The summed E-state index contributed by atoms with van der Waals surface area (Å²) >= 11 is 0. The van der Waals surface area contributed by atoms with Crippen molar-refractivity contribution in [2.24, 2.45) is 0 Å². The van der Waals surface area contributed by atoms with Gasteiger partial charge < -0.3 is 23.9 Å². The van der Waals surface area contributed by atoms with Crippen molar-refractivity contribution in [3.8, 4) is 11.5 Å². The van der Waals surface area contributed by atoms with Crippen LogP contribution in [0.1, 0.15) is 77.5 Å². The summed E-state index contributed by atoms with van der Waals surface area (Å²) in [6.45, 7) is 15.0. The van der Waals surface area contributed by atoms with Gasteiger partial charge in [0.25, 0.3) is 11.4 Å². The SMILES string of the molecule is Cc1nn2c(C3CCN(C(=O)OC(C)(C)C)CC3)cc(=O)[nH]c2c1-c1nc(CCOC(C)(C)C)no1. The highest BCUT2D eigenvalue weighted by molar-refractivity contribution is 5.74. The van der Waals surface area contributed by atoms with Crippen LogP contribution >= 0.6 is 0 Å². The largest absolute Gasteiger partial charge is 0.444 e. The molecule has 11 nitrogen and oxygen atoms in total. The van der Waals surface area contributed by atoms with Crippen LogP contribution in [0.15, 0.2) is 15.4 Å². The summed E-state index contributed by atoms with van der Waals surface area (Å²) in [6, 6.07) is 1.58. The number of ether oxygens (including phenoxy) is 2. The molecule has 4 rings (SSSR count). The number of likely N-dealkylation sites (tertiary alicyclic amines) is 1. The van der Waals surface area contributed by atoms with Gasteiger partial charge in [0.1, 0.15) is 16.8 Å². The smallest absolute Gasteiger partial charge is 0.410 e. The maximum Gasteiger partial charge on any atom is 0.410 e. The number of aryl methyl sites for hydroxylation is 1. The van der Waals surface area contributed by atoms with Gasteiger partial charge in [0.15, 0.2) is 5.82 Å². The predicted molar refractivity (Wildman–Crippen MR) is 133 cm³/mol. The minimum absolute atomic E-state index is 0.0634. The molecule has 1 N–H and O–H groups in total. The lowest BCUT2D eigenvalue weighted by atomic mass is 9.93. The molecule has 1 aliphatic rings. The average Bonchev–Trinajstić information content (AvgIpc) is 3.34. The molecule has 0 unspecified atom stereocenters. The number of hydrogen-bond donors (Lipinski definition) is 1. The number of piperidine rings is 1. The first-order valence-corrected chi connectivity index (χ1v) is 12.4. The van der Waals surface area contributed by atoms with E-state index in [1.165, 1.54) is 0 Å². The van der Waals surface area contributed by atoms with E-state index in [4.69, 9.17) is 19.1 Å². The number of H-pyrrole nitrogens is 1. The van der Waals surface area contributed by atoms with Crippen LogP contribution in [0.5, 0.6) is 0 Å². The maximum absolute atomic E-state index is 12.6. The number of nitrogens with zero attached hydrogens (tertiary/aromatic N) is 5. The molecule has 1 fully saturated rings. The molecule has 1 saturated heterocycles. The van der Waals surface area contributed by atoms with E-state index in [-0.39, 0.29) is 23.2 Å². The predicted octanol–water partition coefficient (Wildman–Crippen LogP) is 3.85. The zero-order valence-electron chi connectivity index (χ0n) is 22.2. The Labute approximate surface area is 210 Å². The van der Waals surface area contributed by atoms with E-state index in [1.807, 2.05) is 48.5 Å². The third kappa shape index (κ3) is 5.95. The minimum atomic E-state index is -0.538. The number of fused-ring (bicyclic) bond motifs is 1. The minimum Gasteiger partial charge on any atom is -0.444 e. The fourth-order valence-electron chi connectivity index (χ4n) is 4.31. The summed E-state index contributed by atoms with van der Waals surface area (Å²) < 4.78 is 18.5. The monoisotopic (exact) mass is 500 g/mol. The molecule has 0 aliphatic carbocycles. The van der Waals surface area contributed by atoms with E-state index >= 15 is 0 Å². The van der Waals surface area contributed by atoms with E-state index in [1.54, 1.807) is 15.5 Å². The zero-order chi connectivity index (χ0) is 26.3. The van der Waals surface area contributed by atoms with Crippen LogP contribution in [-0.2, 0) is 15.9 Å². The molecule has 0 spiro atoms. The molecular formula is C25H36N6O5. The quantitative estimate of drug-likeness (QED) is 0.559. The standard InChI is InChI=1S/C25H36N6O5/c1-15-20(22-26-18(29-36-22)10-13-34-24(2,3)4)21-27-19(32)14-17(31(21)28-15)16-8-11-30(12-9-16)23(33)35-25(5,6)7/h14,16H,8-13H2,1-7H3,(H,27,32). The normalized spacial score (nSPS) is 15.6. The van der Waals surface area contributed by atoms with Crippen molar-refractivity contribution in [3.05, 3.63) is 33.6 Å². The number of aromatic nitrogens is 5. The van der Waals surface area contributed by atoms with Gasteiger partial charge in [0.05, 0.1) is 23.6 Å². The summed E-state index contributed by atoms with van der Waals surface area (Å²) in [4.78, 5) is 34.2. The number of rotatable bonds is 5. The zero-order valence-corrected chi connectivity index (χ0v) is 22.2. The highest BCUT2D eigenvalue weighted by atomic mass is 16.6. The Morgan fingerprint density at radius 1 is 1.17 bits per heavy atom. The number of amides is 1. The second-order valence-electron chi connectivity index (χ2n) is 11.2. The van der Waals surface area contributed by atoms with Crippen LogP contribution in [0, 0.1) is 6.92 Å². The first-order valence-electron chi connectivity index (χ1n) is 12.4. The molecule has 0 atom stereocenters. The Balaban J connectivity index is 1.55. The Morgan fingerprint density at radius 2 is 1.86 bits per heavy atom. The van der Waals surface area contributed by atoms with Gasteiger partial charge in [-0.05, 0) is 61.3 Å². The van der Waals surface area contributed by atoms with Crippen LogP contribution in [-0.4, -0.2) is 66.6 Å². The topological polar surface area (TPSA) is 128 Å². The van der Waals surface area contributed by atoms with Gasteiger partial charge >= 0.3 is 6.09 Å². The Hall–Kier alpha value is -3.21. The van der Waals surface area contributed by atoms with Gasteiger partial charge in [-0.15, -0.1) is 0 Å². The Morgan fingerprint density at radius 3 is 2.50 bits per heavy atom. The lowest BCUT2D eigenvalue weighted by molar-refractivity contribution is -0.00175. The van der Waals surface area contributed by atoms with Crippen molar-refractivity contribution < 1.29 is 18.8 Å². The number of carbonyl (C=O) groups is 1. The molecule has 36 heavy (non-hydrogen) atoms. The van der Waals surface area contributed by atoms with E-state index in [9.17, 15) is 9.59 Å². The summed E-state index contributed by atoms with van der Waals surface area (Å²) in [5, 5.41) is 8.78. The Bertz CT molecular complexity index is 1280. The molecule has 0 aromatic carbocycles. The van der Waals surface area contributed by atoms with Crippen LogP contribution in [0.3, 0.4) is 0 Å². The number of nitrogens with one attached hydrogen (secondary N) is 1. The molecule has 1 amide bonds. The third-order valence-electron chi connectivity index (χ3n) is 5.93. The van der Waals surface area contributed by atoms with Gasteiger partial charge in [-0.3, -0.25) is 4.79 Å². The second kappa shape index (κ2) is 9.68. The molecule has 4 heterocycles. The van der Waals surface area contributed by atoms with Crippen molar-refractivity contribution in [3.63, 3.8) is 0 Å². The molecule has 11 heteroatoms. The molecule has 3 aromatic rings. The molecule has 3 aromatic heterocycles. The van der Waals surface area contributed by atoms with E-state index in [2.05, 4.69) is 15.1 Å². The number of hydrogen-bond acceptors (Lipinski definition) is 8. The van der Waals surface area contributed by atoms with Gasteiger partial charge in [-0.25, -0.2) is 9.31 Å². The molecule has 196 valence electrons. The second-order valence-corrected chi connectivity index (χ2v) is 11.2. The van der Waals surface area contributed by atoms with Crippen molar-refractivity contribution >= 4 is 11.7 Å². The fraction of sp³-hybridized carbons (Fsp3) is 0.640. The van der Waals surface area contributed by atoms with Crippen LogP contribution < -0.4 is 5.56 Å². The molecule has 1 aliphatic heterocycles. The lowest BCUT2D eigenvalue weighted by Gasteiger charge is -2.33. The van der Waals surface area contributed by atoms with Crippen molar-refractivity contribution in [2.45, 2.75) is 84.8 Å². The first kappa shape index (κ1) is 25.9. The average molecular weight is 501 g/mol. The van der Waals surface area contributed by atoms with Gasteiger partial charge in [0.2, 0.25) is 0 Å². The summed E-state index contributed by atoms with van der Waals surface area (Å²) in [6.07, 6.45) is 1.60. The van der Waals surface area contributed by atoms with E-state index in [0.717, 1.165) is 5.69 Å². The van der Waals surface area contributed by atoms with Gasteiger partial charge in [0, 0.05) is 31.5 Å². The first-order chi connectivity index (χ1) is 16.8. The molecule has 0 radical (unpaired) electrons. The maximum atomic E-state index is 12.6. The van der Waals surface area contributed by atoms with Crippen molar-refractivity contribution in [1.29, 1.82) is 0 Å². The Kier molecular flexibility index (Phi) is 6.96. The van der Waals surface area contributed by atoms with Crippen LogP contribution in [0.4, 0.5) is 4.79 Å². The molecular weight excluding hydrogens is 464 g/mol. The third-order valence-corrected chi connectivity index (χ3v) is 5.93. The molecule has 0 bridgehead atoms. The van der Waals surface area contributed by atoms with Crippen LogP contribution in [0.25, 0.3) is 17.1 Å².